The lowest BCUT2D eigenvalue weighted by Crippen LogP contribution is -1.90. The van der Waals surface area contributed by atoms with Gasteiger partial charge in [-0.3, -0.25) is 14.8 Å². The highest BCUT2D eigenvalue weighted by Gasteiger charge is 2.18. The third-order valence-corrected chi connectivity index (χ3v) is 5.51. The number of allylic oxidation sites excluding steroid dienone is 4. The molecule has 0 atom stereocenters. The van der Waals surface area contributed by atoms with E-state index in [0.29, 0.717) is 11.5 Å². The summed E-state index contributed by atoms with van der Waals surface area (Å²) < 4.78 is 1.83. The highest BCUT2D eigenvalue weighted by molar-refractivity contribution is 5.95. The van der Waals surface area contributed by atoms with Crippen LogP contribution in [0.4, 0.5) is 0 Å². The van der Waals surface area contributed by atoms with Crippen molar-refractivity contribution in [2.75, 3.05) is 0 Å². The highest BCUT2D eigenvalue weighted by atomic mass is 15.3. The van der Waals surface area contributed by atoms with E-state index in [4.69, 9.17) is 9.97 Å². The van der Waals surface area contributed by atoms with Crippen molar-refractivity contribution < 1.29 is 0 Å². The molecular weight excluding hydrogens is 400 g/mol. The summed E-state index contributed by atoms with van der Waals surface area (Å²) in [5.41, 5.74) is 8.97. The SMILES string of the molecule is C/C=C\C(=C/C)c1cncc2[nH]c(-c3n[nH]c4ccc(-c5cn(C)nc5CC)nc34)nc12. The molecule has 0 spiro atoms. The molecule has 0 saturated heterocycles. The van der Waals surface area contributed by atoms with Crippen LogP contribution in [0.15, 0.2) is 49.0 Å². The van der Waals surface area contributed by atoms with E-state index in [9.17, 15) is 0 Å². The number of pyridine rings is 2. The maximum atomic E-state index is 4.93. The van der Waals surface area contributed by atoms with Gasteiger partial charge in [-0.2, -0.15) is 10.2 Å². The van der Waals surface area contributed by atoms with Gasteiger partial charge in [0.15, 0.2) is 11.5 Å². The normalized spacial score (nSPS) is 12.6. The van der Waals surface area contributed by atoms with Gasteiger partial charge in [-0.25, -0.2) is 9.97 Å². The summed E-state index contributed by atoms with van der Waals surface area (Å²) in [6, 6.07) is 4.00. The van der Waals surface area contributed by atoms with Crippen LogP contribution < -0.4 is 0 Å². The largest absolute Gasteiger partial charge is 0.335 e. The molecule has 0 radical (unpaired) electrons. The Morgan fingerprint density at radius 2 is 1.97 bits per heavy atom. The molecule has 160 valence electrons. The van der Waals surface area contributed by atoms with Gasteiger partial charge in [0.05, 0.1) is 34.1 Å². The number of imidazole rings is 1. The van der Waals surface area contributed by atoms with Crippen LogP contribution >= 0.6 is 0 Å². The lowest BCUT2D eigenvalue weighted by Gasteiger charge is -2.01. The second-order valence-corrected chi connectivity index (χ2v) is 7.59. The third kappa shape index (κ3) is 3.20. The fraction of sp³-hybridized carbons (Fsp3) is 0.208. The molecule has 8 heteroatoms. The van der Waals surface area contributed by atoms with Crippen LogP contribution in [0.2, 0.25) is 0 Å². The molecular formula is C24H24N8. The number of H-pyrrole nitrogens is 2. The number of aromatic nitrogens is 8. The molecule has 5 aromatic heterocycles. The van der Waals surface area contributed by atoms with Crippen molar-refractivity contribution in [2.24, 2.45) is 7.05 Å². The first-order valence-electron chi connectivity index (χ1n) is 10.6. The van der Waals surface area contributed by atoms with Gasteiger partial charge in [0.1, 0.15) is 5.52 Å². The Kier molecular flexibility index (Phi) is 4.89. The van der Waals surface area contributed by atoms with Gasteiger partial charge < -0.3 is 4.98 Å². The van der Waals surface area contributed by atoms with E-state index < -0.39 is 0 Å². The number of hydrogen-bond donors (Lipinski definition) is 2. The standard InChI is InChI=1S/C24H24N8/c1-5-8-14(6-2)15-11-25-12-20-21(15)28-24(27-20)23-22-19(29-30-23)10-9-18(26-22)16-13-32(4)31-17(16)7-3/h5-6,8-13H,7H2,1-4H3,(H,27,28)(H,29,30)/b8-5-,14-6+. The molecule has 0 saturated carbocycles. The number of fused-ring (bicyclic) bond motifs is 2. The lowest BCUT2D eigenvalue weighted by atomic mass is 10.1. The van der Waals surface area contributed by atoms with Crippen molar-refractivity contribution in [2.45, 2.75) is 27.2 Å². The monoisotopic (exact) mass is 424 g/mol. The molecule has 0 amide bonds. The number of hydrogen-bond acceptors (Lipinski definition) is 5. The summed E-state index contributed by atoms with van der Waals surface area (Å²) in [4.78, 5) is 17.6. The van der Waals surface area contributed by atoms with Crippen LogP contribution in [0.3, 0.4) is 0 Å². The zero-order chi connectivity index (χ0) is 22.2. The Labute approximate surface area is 185 Å². The van der Waals surface area contributed by atoms with Crippen LogP contribution in [-0.4, -0.2) is 39.9 Å². The van der Waals surface area contributed by atoms with Gasteiger partial charge in [-0.05, 0) is 38.0 Å². The van der Waals surface area contributed by atoms with Gasteiger partial charge in [-0.1, -0.05) is 25.2 Å². The van der Waals surface area contributed by atoms with E-state index in [1.165, 1.54) is 0 Å². The minimum atomic E-state index is 0.656. The summed E-state index contributed by atoms with van der Waals surface area (Å²) in [7, 11) is 1.93. The number of nitrogens with zero attached hydrogens (tertiary/aromatic N) is 6. The third-order valence-electron chi connectivity index (χ3n) is 5.51. The Morgan fingerprint density at radius 3 is 2.75 bits per heavy atom. The number of aryl methyl sites for hydroxylation is 2. The molecule has 0 bridgehead atoms. The van der Waals surface area contributed by atoms with Crippen molar-refractivity contribution in [3.8, 4) is 22.8 Å². The molecule has 0 aliphatic heterocycles. The Bertz CT molecular complexity index is 1500. The molecule has 8 nitrogen and oxygen atoms in total. The molecule has 5 aromatic rings. The number of aromatic amines is 2. The fourth-order valence-corrected chi connectivity index (χ4v) is 4.00. The van der Waals surface area contributed by atoms with Crippen molar-refractivity contribution in [3.63, 3.8) is 0 Å². The summed E-state index contributed by atoms with van der Waals surface area (Å²) >= 11 is 0. The predicted molar refractivity (Wildman–Crippen MR) is 127 cm³/mol. The molecule has 0 aliphatic carbocycles. The predicted octanol–water partition coefficient (Wildman–Crippen LogP) is 4.84. The summed E-state index contributed by atoms with van der Waals surface area (Å²) in [5, 5.41) is 12.2. The van der Waals surface area contributed by atoms with Gasteiger partial charge in [0, 0.05) is 30.6 Å². The van der Waals surface area contributed by atoms with Crippen LogP contribution in [0.5, 0.6) is 0 Å². The topological polar surface area (TPSA) is 101 Å². The lowest BCUT2D eigenvalue weighted by molar-refractivity contribution is 0.746. The van der Waals surface area contributed by atoms with Crippen LogP contribution in [0.25, 0.3) is 50.4 Å². The first-order valence-corrected chi connectivity index (χ1v) is 10.6. The second-order valence-electron chi connectivity index (χ2n) is 7.59. The summed E-state index contributed by atoms with van der Waals surface area (Å²) in [5.74, 6) is 0.656. The first kappa shape index (κ1) is 19.9. The van der Waals surface area contributed by atoms with Gasteiger partial charge in [0.2, 0.25) is 0 Å². The van der Waals surface area contributed by atoms with Crippen molar-refractivity contribution >= 4 is 27.6 Å². The van der Waals surface area contributed by atoms with Crippen molar-refractivity contribution in [1.29, 1.82) is 0 Å². The average Bonchev–Trinajstić information content (AvgIpc) is 3.52. The van der Waals surface area contributed by atoms with Crippen molar-refractivity contribution in [3.05, 3.63) is 60.2 Å². The van der Waals surface area contributed by atoms with Crippen LogP contribution in [0, 0.1) is 0 Å². The Morgan fingerprint density at radius 1 is 1.09 bits per heavy atom. The van der Waals surface area contributed by atoms with E-state index in [-0.39, 0.29) is 0 Å². The van der Waals surface area contributed by atoms with E-state index in [1.807, 2.05) is 56.2 Å². The molecule has 0 unspecified atom stereocenters. The maximum absolute atomic E-state index is 4.93. The molecule has 2 N–H and O–H groups in total. The van der Waals surface area contributed by atoms with Gasteiger partial charge in [-0.15, -0.1) is 0 Å². The molecule has 0 aliphatic rings. The van der Waals surface area contributed by atoms with Crippen LogP contribution in [0.1, 0.15) is 32.0 Å². The smallest absolute Gasteiger partial charge is 0.161 e. The Balaban J connectivity index is 1.67. The molecule has 5 heterocycles. The Hall–Kier alpha value is -4.07. The quantitative estimate of drug-likeness (QED) is 0.393. The second kappa shape index (κ2) is 7.88. The van der Waals surface area contributed by atoms with E-state index >= 15 is 0 Å². The minimum Gasteiger partial charge on any atom is -0.335 e. The maximum Gasteiger partial charge on any atom is 0.161 e. The molecule has 0 fully saturated rings. The summed E-state index contributed by atoms with van der Waals surface area (Å²) in [6.45, 7) is 6.11. The van der Waals surface area contributed by atoms with Crippen LogP contribution in [-0.2, 0) is 13.5 Å². The molecule has 32 heavy (non-hydrogen) atoms. The summed E-state index contributed by atoms with van der Waals surface area (Å²) in [6.07, 6.45) is 12.6. The van der Waals surface area contributed by atoms with E-state index in [2.05, 4.69) is 44.3 Å². The van der Waals surface area contributed by atoms with Gasteiger partial charge in [0.25, 0.3) is 0 Å². The molecule has 0 aromatic carbocycles. The molecule has 5 rings (SSSR count). The first-order chi connectivity index (χ1) is 15.6. The zero-order valence-corrected chi connectivity index (χ0v) is 18.5. The fourth-order valence-electron chi connectivity index (χ4n) is 4.00. The number of rotatable bonds is 5. The zero-order valence-electron chi connectivity index (χ0n) is 18.5. The van der Waals surface area contributed by atoms with E-state index in [0.717, 1.165) is 56.6 Å². The van der Waals surface area contributed by atoms with E-state index in [1.54, 1.807) is 6.20 Å². The number of nitrogens with one attached hydrogen (secondary N) is 2. The average molecular weight is 425 g/mol. The van der Waals surface area contributed by atoms with Crippen molar-refractivity contribution in [1.82, 2.24) is 39.9 Å². The minimum absolute atomic E-state index is 0.656. The van der Waals surface area contributed by atoms with Gasteiger partial charge >= 0.3 is 0 Å². The highest BCUT2D eigenvalue weighted by Crippen LogP contribution is 2.30.